The van der Waals surface area contributed by atoms with Gasteiger partial charge in [-0.3, -0.25) is 0 Å². The van der Waals surface area contributed by atoms with Gasteiger partial charge in [0.2, 0.25) is 0 Å². The van der Waals surface area contributed by atoms with Crippen LogP contribution in [-0.4, -0.2) is 61.2 Å². The van der Waals surface area contributed by atoms with Crippen LogP contribution in [0.2, 0.25) is 0 Å². The van der Waals surface area contributed by atoms with Crippen molar-refractivity contribution < 1.29 is 0 Å². The summed E-state index contributed by atoms with van der Waals surface area (Å²) in [5, 5.41) is 3.91. The third kappa shape index (κ3) is 3.43. The van der Waals surface area contributed by atoms with Gasteiger partial charge in [-0.2, -0.15) is 0 Å². The van der Waals surface area contributed by atoms with E-state index in [9.17, 15) is 0 Å². The molecular formula is C14H29N3. The summed E-state index contributed by atoms with van der Waals surface area (Å²) in [7, 11) is 4.50. The third-order valence-corrected chi connectivity index (χ3v) is 4.89. The molecule has 3 heteroatoms. The van der Waals surface area contributed by atoms with Gasteiger partial charge in [-0.15, -0.1) is 0 Å². The van der Waals surface area contributed by atoms with Crippen molar-refractivity contribution in [3.05, 3.63) is 0 Å². The highest BCUT2D eigenvalue weighted by atomic mass is 15.2. The van der Waals surface area contributed by atoms with Crippen LogP contribution in [0.25, 0.3) is 0 Å². The van der Waals surface area contributed by atoms with Gasteiger partial charge in [-0.1, -0.05) is 0 Å². The standard InChI is InChI=1S/C14H29N3/c1-11-9-13(5-7-16(11)3)15-14-6-8-17(4)12(2)10-14/h11-15H,5-10H2,1-4H3. The molecule has 0 saturated carbocycles. The van der Waals surface area contributed by atoms with Crippen molar-refractivity contribution in [1.29, 1.82) is 0 Å². The minimum atomic E-state index is 0.741. The molecule has 17 heavy (non-hydrogen) atoms. The molecule has 2 saturated heterocycles. The van der Waals surface area contributed by atoms with Gasteiger partial charge in [0.25, 0.3) is 0 Å². The second-order valence-corrected chi connectivity index (χ2v) is 6.27. The monoisotopic (exact) mass is 239 g/mol. The van der Waals surface area contributed by atoms with Crippen molar-refractivity contribution in [1.82, 2.24) is 15.1 Å². The summed E-state index contributed by atoms with van der Waals surface area (Å²) in [6.07, 6.45) is 5.28. The fourth-order valence-corrected chi connectivity index (χ4v) is 3.21. The van der Waals surface area contributed by atoms with Gasteiger partial charge in [0.1, 0.15) is 0 Å². The van der Waals surface area contributed by atoms with E-state index in [-0.39, 0.29) is 0 Å². The van der Waals surface area contributed by atoms with Crippen LogP contribution >= 0.6 is 0 Å². The molecule has 2 aliphatic heterocycles. The zero-order chi connectivity index (χ0) is 12.4. The molecule has 2 rings (SSSR count). The molecule has 2 fully saturated rings. The van der Waals surface area contributed by atoms with Crippen LogP contribution in [0.1, 0.15) is 39.5 Å². The lowest BCUT2D eigenvalue weighted by Crippen LogP contribution is -2.52. The molecule has 100 valence electrons. The first kappa shape index (κ1) is 13.3. The van der Waals surface area contributed by atoms with E-state index in [2.05, 4.69) is 43.1 Å². The highest BCUT2D eigenvalue weighted by Gasteiger charge is 2.28. The largest absolute Gasteiger partial charge is 0.311 e. The van der Waals surface area contributed by atoms with Crippen molar-refractivity contribution in [2.24, 2.45) is 0 Å². The predicted molar refractivity (Wildman–Crippen MR) is 73.4 cm³/mol. The first-order valence-electron chi connectivity index (χ1n) is 7.22. The third-order valence-electron chi connectivity index (χ3n) is 4.89. The first-order chi connectivity index (χ1) is 8.06. The molecule has 0 aliphatic carbocycles. The highest BCUT2D eigenvalue weighted by molar-refractivity contribution is 4.87. The van der Waals surface area contributed by atoms with Crippen LogP contribution in [0.5, 0.6) is 0 Å². The molecular weight excluding hydrogens is 210 g/mol. The Hall–Kier alpha value is -0.120. The molecule has 3 nitrogen and oxygen atoms in total. The van der Waals surface area contributed by atoms with E-state index in [1.165, 1.54) is 38.8 Å². The van der Waals surface area contributed by atoms with E-state index >= 15 is 0 Å². The number of hydrogen-bond acceptors (Lipinski definition) is 3. The van der Waals surface area contributed by atoms with Gasteiger partial charge in [0, 0.05) is 24.2 Å². The van der Waals surface area contributed by atoms with Crippen LogP contribution in [0.4, 0.5) is 0 Å². The number of likely N-dealkylation sites (tertiary alicyclic amines) is 2. The molecule has 0 aromatic rings. The fourth-order valence-electron chi connectivity index (χ4n) is 3.21. The average molecular weight is 239 g/mol. The van der Waals surface area contributed by atoms with E-state index in [1.807, 2.05) is 0 Å². The smallest absolute Gasteiger partial charge is 0.00966 e. The van der Waals surface area contributed by atoms with Crippen molar-refractivity contribution in [3.63, 3.8) is 0 Å². The van der Waals surface area contributed by atoms with E-state index in [4.69, 9.17) is 0 Å². The summed E-state index contributed by atoms with van der Waals surface area (Å²) in [6.45, 7) is 7.21. The lowest BCUT2D eigenvalue weighted by Gasteiger charge is -2.40. The fraction of sp³-hybridized carbons (Fsp3) is 1.00. The number of piperidine rings is 2. The number of hydrogen-bond donors (Lipinski definition) is 1. The topological polar surface area (TPSA) is 18.5 Å². The molecule has 0 spiro atoms. The second kappa shape index (κ2) is 5.68. The lowest BCUT2D eigenvalue weighted by atomic mass is 9.94. The maximum absolute atomic E-state index is 3.91. The van der Waals surface area contributed by atoms with Crippen molar-refractivity contribution in [2.75, 3.05) is 27.2 Å². The zero-order valence-corrected chi connectivity index (χ0v) is 11.9. The maximum Gasteiger partial charge on any atom is 0.00966 e. The predicted octanol–water partition coefficient (Wildman–Crippen LogP) is 1.54. The molecule has 0 amide bonds. The van der Waals surface area contributed by atoms with Crippen molar-refractivity contribution in [3.8, 4) is 0 Å². The Balaban J connectivity index is 1.78. The average Bonchev–Trinajstić information content (AvgIpc) is 2.29. The lowest BCUT2D eigenvalue weighted by molar-refractivity contribution is 0.130. The molecule has 0 aromatic carbocycles. The molecule has 4 unspecified atom stereocenters. The van der Waals surface area contributed by atoms with E-state index in [0.29, 0.717) is 0 Å². The van der Waals surface area contributed by atoms with E-state index < -0.39 is 0 Å². The summed E-state index contributed by atoms with van der Waals surface area (Å²) in [6, 6.07) is 2.98. The van der Waals surface area contributed by atoms with Crippen LogP contribution in [0.3, 0.4) is 0 Å². The molecule has 2 heterocycles. The number of nitrogens with zero attached hydrogens (tertiary/aromatic N) is 2. The Morgan fingerprint density at radius 1 is 0.824 bits per heavy atom. The van der Waals surface area contributed by atoms with Crippen LogP contribution in [0.15, 0.2) is 0 Å². The van der Waals surface area contributed by atoms with Gasteiger partial charge < -0.3 is 15.1 Å². The van der Waals surface area contributed by atoms with Crippen molar-refractivity contribution >= 4 is 0 Å². The summed E-state index contributed by atoms with van der Waals surface area (Å²) in [5.41, 5.74) is 0. The van der Waals surface area contributed by atoms with Crippen LogP contribution in [-0.2, 0) is 0 Å². The van der Waals surface area contributed by atoms with Crippen molar-refractivity contribution in [2.45, 2.75) is 63.7 Å². The summed E-state index contributed by atoms with van der Waals surface area (Å²) in [5.74, 6) is 0. The van der Waals surface area contributed by atoms with Gasteiger partial charge in [0.15, 0.2) is 0 Å². The molecule has 0 aromatic heterocycles. The van der Waals surface area contributed by atoms with Crippen LogP contribution < -0.4 is 5.32 Å². The molecule has 0 bridgehead atoms. The highest BCUT2D eigenvalue weighted by Crippen LogP contribution is 2.20. The second-order valence-electron chi connectivity index (χ2n) is 6.27. The zero-order valence-electron chi connectivity index (χ0n) is 11.9. The Kier molecular flexibility index (Phi) is 4.45. The first-order valence-corrected chi connectivity index (χ1v) is 7.22. The minimum absolute atomic E-state index is 0.741. The Morgan fingerprint density at radius 2 is 1.24 bits per heavy atom. The van der Waals surface area contributed by atoms with Gasteiger partial charge in [-0.05, 0) is 66.7 Å². The van der Waals surface area contributed by atoms with Gasteiger partial charge in [-0.25, -0.2) is 0 Å². The molecule has 2 aliphatic rings. The van der Waals surface area contributed by atoms with Gasteiger partial charge >= 0.3 is 0 Å². The quantitative estimate of drug-likeness (QED) is 0.788. The maximum atomic E-state index is 3.91. The SMILES string of the molecule is CC1CC(NC2CCN(C)C(C)C2)CCN1C. The molecule has 1 N–H and O–H groups in total. The van der Waals surface area contributed by atoms with Crippen LogP contribution in [0, 0.1) is 0 Å². The van der Waals surface area contributed by atoms with E-state index in [1.54, 1.807) is 0 Å². The Labute approximate surface area is 107 Å². The Morgan fingerprint density at radius 3 is 1.59 bits per heavy atom. The molecule has 0 radical (unpaired) electrons. The van der Waals surface area contributed by atoms with E-state index in [0.717, 1.165) is 24.2 Å². The van der Waals surface area contributed by atoms with Gasteiger partial charge in [0.05, 0.1) is 0 Å². The minimum Gasteiger partial charge on any atom is -0.311 e. The summed E-state index contributed by atoms with van der Waals surface area (Å²) in [4.78, 5) is 4.96. The number of rotatable bonds is 2. The molecule has 4 atom stereocenters. The summed E-state index contributed by atoms with van der Waals surface area (Å²) >= 11 is 0. The normalized spacial score (nSPS) is 41.6. The Bertz CT molecular complexity index is 220. The number of nitrogens with one attached hydrogen (secondary N) is 1. The summed E-state index contributed by atoms with van der Waals surface area (Å²) < 4.78 is 0.